The van der Waals surface area contributed by atoms with Crippen LogP contribution in [0, 0.1) is 18.3 Å². The molecule has 2 aromatic rings. The van der Waals surface area contributed by atoms with Crippen LogP contribution in [0.5, 0.6) is 11.8 Å². The zero-order valence-corrected chi connectivity index (χ0v) is 10.3. The van der Waals surface area contributed by atoms with Gasteiger partial charge in [0.05, 0.1) is 11.6 Å². The summed E-state index contributed by atoms with van der Waals surface area (Å²) in [5, 5.41) is 8.64. The van der Waals surface area contributed by atoms with E-state index in [4.69, 9.17) is 10.00 Å². The topological polar surface area (TPSA) is 58.8 Å². The molecule has 0 fully saturated rings. The zero-order valence-electron chi connectivity index (χ0n) is 10.3. The number of aromatic nitrogens is 2. The van der Waals surface area contributed by atoms with Crippen LogP contribution in [0.4, 0.5) is 13.2 Å². The van der Waals surface area contributed by atoms with Crippen molar-refractivity contribution >= 4 is 0 Å². The third-order valence-electron chi connectivity index (χ3n) is 2.32. The van der Waals surface area contributed by atoms with Crippen LogP contribution in [-0.2, 0) is 6.18 Å². The number of aryl methyl sites for hydroxylation is 1. The van der Waals surface area contributed by atoms with Gasteiger partial charge in [0.25, 0.3) is 0 Å². The number of hydrogen-bond acceptors (Lipinski definition) is 4. The van der Waals surface area contributed by atoms with Crippen molar-refractivity contribution in [2.24, 2.45) is 0 Å². The van der Waals surface area contributed by atoms with Gasteiger partial charge in [0.2, 0.25) is 0 Å². The summed E-state index contributed by atoms with van der Waals surface area (Å²) in [6, 6.07) is 8.25. The van der Waals surface area contributed by atoms with Crippen molar-refractivity contribution in [2.45, 2.75) is 13.1 Å². The van der Waals surface area contributed by atoms with Gasteiger partial charge in [0.1, 0.15) is 5.75 Å². The van der Waals surface area contributed by atoms with Crippen LogP contribution in [-0.4, -0.2) is 9.97 Å². The maximum atomic E-state index is 12.6. The van der Waals surface area contributed by atoms with Gasteiger partial charge >= 0.3 is 12.2 Å². The summed E-state index contributed by atoms with van der Waals surface area (Å²) >= 11 is 0. The number of benzene rings is 1. The standard InChI is InChI=1S/C13H8F3N3O/c1-8-6-11(13(14,15)16)19-12(18-8)20-10-4-2-9(7-17)3-5-10/h2-6H,1H3. The van der Waals surface area contributed by atoms with Crippen LogP contribution in [0.1, 0.15) is 17.0 Å². The number of hydrogen-bond donors (Lipinski definition) is 0. The average molecular weight is 279 g/mol. The Kier molecular flexibility index (Phi) is 3.57. The Bertz CT molecular complexity index is 660. The highest BCUT2D eigenvalue weighted by Gasteiger charge is 2.33. The van der Waals surface area contributed by atoms with Gasteiger partial charge < -0.3 is 4.74 Å². The van der Waals surface area contributed by atoms with Crippen LogP contribution < -0.4 is 4.74 Å². The fraction of sp³-hybridized carbons (Fsp3) is 0.154. The van der Waals surface area contributed by atoms with Gasteiger partial charge in [-0.3, -0.25) is 0 Å². The highest BCUT2D eigenvalue weighted by Crippen LogP contribution is 2.29. The number of ether oxygens (including phenoxy) is 1. The fourth-order valence-electron chi connectivity index (χ4n) is 1.44. The van der Waals surface area contributed by atoms with E-state index < -0.39 is 11.9 Å². The van der Waals surface area contributed by atoms with Crippen molar-refractivity contribution < 1.29 is 17.9 Å². The van der Waals surface area contributed by atoms with Crippen molar-refractivity contribution in [2.75, 3.05) is 0 Å². The highest BCUT2D eigenvalue weighted by atomic mass is 19.4. The van der Waals surface area contributed by atoms with Crippen LogP contribution >= 0.6 is 0 Å². The summed E-state index contributed by atoms with van der Waals surface area (Å²) in [5.41, 5.74) is -0.497. The molecule has 0 spiro atoms. The van der Waals surface area contributed by atoms with E-state index in [2.05, 4.69) is 9.97 Å². The lowest BCUT2D eigenvalue weighted by atomic mass is 10.2. The third kappa shape index (κ3) is 3.23. The molecule has 0 amide bonds. The average Bonchev–Trinajstić information content (AvgIpc) is 2.38. The minimum Gasteiger partial charge on any atom is -0.424 e. The maximum Gasteiger partial charge on any atom is 0.433 e. The first-order valence-corrected chi connectivity index (χ1v) is 5.49. The Labute approximate surface area is 112 Å². The van der Waals surface area contributed by atoms with Crippen molar-refractivity contribution in [3.63, 3.8) is 0 Å². The molecule has 0 saturated heterocycles. The molecule has 0 atom stereocenters. The van der Waals surface area contributed by atoms with E-state index in [1.807, 2.05) is 6.07 Å². The van der Waals surface area contributed by atoms with E-state index in [0.29, 0.717) is 5.56 Å². The Morgan fingerprint density at radius 3 is 2.35 bits per heavy atom. The summed E-state index contributed by atoms with van der Waals surface area (Å²) in [5.74, 6) is 0.253. The molecule has 0 aliphatic rings. The molecule has 7 heteroatoms. The Balaban J connectivity index is 2.29. The monoisotopic (exact) mass is 279 g/mol. The molecular formula is C13H8F3N3O. The molecule has 0 N–H and O–H groups in total. The van der Waals surface area contributed by atoms with Crippen LogP contribution in [0.3, 0.4) is 0 Å². The lowest BCUT2D eigenvalue weighted by Gasteiger charge is -2.09. The van der Waals surface area contributed by atoms with Gasteiger partial charge in [-0.05, 0) is 37.3 Å². The van der Waals surface area contributed by atoms with E-state index in [1.54, 1.807) is 0 Å². The fourth-order valence-corrected chi connectivity index (χ4v) is 1.44. The lowest BCUT2D eigenvalue weighted by molar-refractivity contribution is -0.141. The minimum atomic E-state index is -4.56. The van der Waals surface area contributed by atoms with E-state index in [-0.39, 0.29) is 17.5 Å². The maximum absolute atomic E-state index is 12.6. The first-order valence-electron chi connectivity index (χ1n) is 5.49. The zero-order chi connectivity index (χ0) is 14.8. The summed E-state index contributed by atoms with van der Waals surface area (Å²) in [6.45, 7) is 1.42. The van der Waals surface area contributed by atoms with Gasteiger partial charge in [-0.15, -0.1) is 0 Å². The molecule has 2 rings (SSSR count). The predicted molar refractivity (Wildman–Crippen MR) is 63.0 cm³/mol. The second-order valence-corrected chi connectivity index (χ2v) is 3.91. The molecule has 0 aliphatic carbocycles. The second-order valence-electron chi connectivity index (χ2n) is 3.91. The van der Waals surface area contributed by atoms with Gasteiger partial charge in [-0.2, -0.15) is 23.4 Å². The lowest BCUT2D eigenvalue weighted by Crippen LogP contribution is -2.10. The first-order chi connectivity index (χ1) is 9.38. The van der Waals surface area contributed by atoms with E-state index in [0.717, 1.165) is 6.07 Å². The number of halogens is 3. The summed E-state index contributed by atoms with van der Waals surface area (Å²) in [7, 11) is 0. The largest absolute Gasteiger partial charge is 0.433 e. The van der Waals surface area contributed by atoms with E-state index in [9.17, 15) is 13.2 Å². The van der Waals surface area contributed by atoms with Crippen LogP contribution in [0.15, 0.2) is 30.3 Å². The number of nitriles is 1. The highest BCUT2D eigenvalue weighted by molar-refractivity contribution is 5.35. The molecule has 0 bridgehead atoms. The Morgan fingerprint density at radius 2 is 1.80 bits per heavy atom. The molecule has 0 saturated carbocycles. The van der Waals surface area contributed by atoms with Gasteiger partial charge in [-0.1, -0.05) is 0 Å². The van der Waals surface area contributed by atoms with Crippen LogP contribution in [0.2, 0.25) is 0 Å². The van der Waals surface area contributed by atoms with Crippen molar-refractivity contribution in [3.05, 3.63) is 47.3 Å². The third-order valence-corrected chi connectivity index (χ3v) is 2.32. The number of nitrogens with zero attached hydrogens (tertiary/aromatic N) is 3. The number of alkyl halides is 3. The van der Waals surface area contributed by atoms with Crippen molar-refractivity contribution in [1.82, 2.24) is 9.97 Å². The number of rotatable bonds is 2. The van der Waals surface area contributed by atoms with E-state index >= 15 is 0 Å². The first kappa shape index (κ1) is 13.8. The molecule has 0 aliphatic heterocycles. The second kappa shape index (κ2) is 5.17. The van der Waals surface area contributed by atoms with Gasteiger partial charge in [0, 0.05) is 5.69 Å². The molecule has 4 nitrogen and oxygen atoms in total. The summed E-state index contributed by atoms with van der Waals surface area (Å²) < 4.78 is 43.0. The normalized spacial score (nSPS) is 10.9. The molecular weight excluding hydrogens is 271 g/mol. The van der Waals surface area contributed by atoms with E-state index in [1.165, 1.54) is 31.2 Å². The Morgan fingerprint density at radius 1 is 1.15 bits per heavy atom. The molecule has 1 heterocycles. The molecule has 20 heavy (non-hydrogen) atoms. The van der Waals surface area contributed by atoms with Crippen molar-refractivity contribution in [1.29, 1.82) is 5.26 Å². The van der Waals surface area contributed by atoms with Crippen LogP contribution in [0.25, 0.3) is 0 Å². The molecule has 102 valence electrons. The SMILES string of the molecule is Cc1cc(C(F)(F)F)nc(Oc2ccc(C#N)cc2)n1. The van der Waals surface area contributed by atoms with Gasteiger partial charge in [-0.25, -0.2) is 4.98 Å². The Hall–Kier alpha value is -2.62. The summed E-state index contributed by atoms with van der Waals surface area (Å²) in [4.78, 5) is 7.11. The van der Waals surface area contributed by atoms with Gasteiger partial charge in [0.15, 0.2) is 5.69 Å². The van der Waals surface area contributed by atoms with Crippen molar-refractivity contribution in [3.8, 4) is 17.8 Å². The molecule has 0 unspecified atom stereocenters. The molecule has 1 aromatic carbocycles. The minimum absolute atomic E-state index is 0.149. The molecule has 0 radical (unpaired) electrons. The predicted octanol–water partition coefficient (Wildman–Crippen LogP) is 3.47. The molecule has 1 aromatic heterocycles. The smallest absolute Gasteiger partial charge is 0.424 e. The quantitative estimate of drug-likeness (QED) is 0.844. The summed E-state index contributed by atoms with van der Waals surface area (Å²) in [6.07, 6.45) is -4.56.